The molecular formula is C20H20FN5O2S. The molecule has 2 amide bonds. The average Bonchev–Trinajstić information content (AvgIpc) is 3.25. The van der Waals surface area contributed by atoms with E-state index in [1.54, 1.807) is 19.9 Å². The Balaban J connectivity index is 1.52. The summed E-state index contributed by atoms with van der Waals surface area (Å²) in [5, 5.41) is 10.5. The number of halogens is 1. The number of thiazole rings is 1. The summed E-state index contributed by atoms with van der Waals surface area (Å²) in [6.45, 7) is 3.47. The quantitative estimate of drug-likeness (QED) is 0.652. The van der Waals surface area contributed by atoms with Crippen molar-refractivity contribution < 1.29 is 14.0 Å². The molecule has 0 bridgehead atoms. The highest BCUT2D eigenvalue weighted by Crippen LogP contribution is 2.31. The van der Waals surface area contributed by atoms with Gasteiger partial charge in [-0.3, -0.25) is 14.3 Å². The first-order valence-electron chi connectivity index (χ1n) is 9.31. The van der Waals surface area contributed by atoms with E-state index in [2.05, 4.69) is 20.7 Å². The van der Waals surface area contributed by atoms with Crippen LogP contribution >= 0.6 is 11.3 Å². The SMILES string of the molecule is Cc1ncc(C(=O)Nc2cc(C(=O)Nc3ccn(C4CCC4)n3)c(F)cc2C)s1. The molecule has 29 heavy (non-hydrogen) atoms. The number of aromatic nitrogens is 3. The second kappa shape index (κ2) is 7.75. The van der Waals surface area contributed by atoms with Crippen molar-refractivity contribution in [2.45, 2.75) is 39.2 Å². The van der Waals surface area contributed by atoms with Crippen LogP contribution in [0.4, 0.5) is 15.9 Å². The van der Waals surface area contributed by atoms with Crippen molar-refractivity contribution >= 4 is 34.7 Å². The summed E-state index contributed by atoms with van der Waals surface area (Å²) >= 11 is 1.26. The Morgan fingerprint density at radius 1 is 1.21 bits per heavy atom. The van der Waals surface area contributed by atoms with Gasteiger partial charge in [0.25, 0.3) is 11.8 Å². The number of nitrogens with one attached hydrogen (secondary N) is 2. The van der Waals surface area contributed by atoms with Gasteiger partial charge < -0.3 is 10.6 Å². The van der Waals surface area contributed by atoms with Crippen LogP contribution in [0.15, 0.2) is 30.6 Å². The van der Waals surface area contributed by atoms with Gasteiger partial charge >= 0.3 is 0 Å². The molecule has 0 radical (unpaired) electrons. The van der Waals surface area contributed by atoms with Gasteiger partial charge in [0.1, 0.15) is 10.7 Å². The molecule has 2 aromatic heterocycles. The minimum absolute atomic E-state index is 0.162. The maximum Gasteiger partial charge on any atom is 0.267 e. The zero-order valence-electron chi connectivity index (χ0n) is 16.0. The molecule has 1 saturated carbocycles. The number of carbonyl (C=O) groups is 2. The number of hydrogen-bond acceptors (Lipinski definition) is 5. The maximum absolute atomic E-state index is 14.4. The van der Waals surface area contributed by atoms with Crippen molar-refractivity contribution in [3.63, 3.8) is 0 Å². The molecule has 150 valence electrons. The van der Waals surface area contributed by atoms with Crippen molar-refractivity contribution in [1.82, 2.24) is 14.8 Å². The summed E-state index contributed by atoms with van der Waals surface area (Å²) in [4.78, 5) is 29.5. The lowest BCUT2D eigenvalue weighted by Crippen LogP contribution is -2.19. The molecule has 2 heterocycles. The standard InChI is InChI=1S/C20H20FN5O2S/c1-11-8-15(21)14(9-16(11)23-20(28)17-10-22-12(2)29-17)19(27)24-18-6-7-26(25-18)13-4-3-5-13/h6-10,13H,3-5H2,1-2H3,(H,23,28)(H,24,25,27). The van der Waals surface area contributed by atoms with E-state index in [-0.39, 0.29) is 11.5 Å². The summed E-state index contributed by atoms with van der Waals surface area (Å²) in [5.74, 6) is -1.26. The highest BCUT2D eigenvalue weighted by molar-refractivity contribution is 7.13. The Bertz CT molecular complexity index is 1090. The topological polar surface area (TPSA) is 88.9 Å². The van der Waals surface area contributed by atoms with E-state index in [0.717, 1.165) is 17.8 Å². The van der Waals surface area contributed by atoms with Crippen LogP contribution in [0.5, 0.6) is 0 Å². The second-order valence-corrected chi connectivity index (χ2v) is 8.30. The van der Waals surface area contributed by atoms with Gasteiger partial charge in [-0.25, -0.2) is 9.37 Å². The first-order valence-corrected chi connectivity index (χ1v) is 10.1. The largest absolute Gasteiger partial charge is 0.321 e. The minimum atomic E-state index is -0.662. The van der Waals surface area contributed by atoms with Crippen LogP contribution in [0.2, 0.25) is 0 Å². The van der Waals surface area contributed by atoms with Crippen molar-refractivity contribution in [1.29, 1.82) is 0 Å². The third-order valence-electron chi connectivity index (χ3n) is 4.95. The first-order chi connectivity index (χ1) is 13.9. The van der Waals surface area contributed by atoms with E-state index in [1.807, 2.05) is 10.9 Å². The molecule has 1 aliphatic carbocycles. The predicted molar refractivity (Wildman–Crippen MR) is 109 cm³/mol. The number of aryl methyl sites for hydroxylation is 2. The maximum atomic E-state index is 14.4. The zero-order chi connectivity index (χ0) is 20.5. The molecule has 3 aromatic rings. The fraction of sp³-hybridized carbons (Fsp3) is 0.300. The number of hydrogen-bond donors (Lipinski definition) is 2. The average molecular weight is 413 g/mol. The molecule has 7 nitrogen and oxygen atoms in total. The Labute approximate surface area is 171 Å². The first kappa shape index (κ1) is 19.3. The summed E-state index contributed by atoms with van der Waals surface area (Å²) < 4.78 is 16.3. The Hall–Kier alpha value is -3.07. The fourth-order valence-electron chi connectivity index (χ4n) is 3.07. The normalized spacial score (nSPS) is 13.8. The molecule has 9 heteroatoms. The lowest BCUT2D eigenvalue weighted by atomic mass is 9.93. The van der Waals surface area contributed by atoms with Crippen molar-refractivity contribution in [3.05, 3.63) is 57.4 Å². The zero-order valence-corrected chi connectivity index (χ0v) is 16.8. The van der Waals surface area contributed by atoms with Gasteiger partial charge in [-0.05, 0) is 50.8 Å². The summed E-state index contributed by atoms with van der Waals surface area (Å²) in [7, 11) is 0. The van der Waals surface area contributed by atoms with Gasteiger partial charge in [0.2, 0.25) is 0 Å². The van der Waals surface area contributed by atoms with E-state index in [1.165, 1.54) is 36.1 Å². The number of amides is 2. The smallest absolute Gasteiger partial charge is 0.267 e. The van der Waals surface area contributed by atoms with Gasteiger partial charge in [-0.1, -0.05) is 0 Å². The monoisotopic (exact) mass is 413 g/mol. The Kier molecular flexibility index (Phi) is 5.14. The molecule has 1 aromatic carbocycles. The third kappa shape index (κ3) is 4.04. The minimum Gasteiger partial charge on any atom is -0.321 e. The number of nitrogens with zero attached hydrogens (tertiary/aromatic N) is 3. The summed E-state index contributed by atoms with van der Waals surface area (Å²) in [6, 6.07) is 4.63. The molecule has 2 N–H and O–H groups in total. The van der Waals surface area contributed by atoms with Crippen molar-refractivity contribution in [2.24, 2.45) is 0 Å². The summed E-state index contributed by atoms with van der Waals surface area (Å²) in [6.07, 6.45) is 6.62. The molecule has 1 aliphatic rings. The Morgan fingerprint density at radius 2 is 2.00 bits per heavy atom. The number of benzene rings is 1. The van der Waals surface area contributed by atoms with Crippen LogP contribution in [0, 0.1) is 19.7 Å². The van der Waals surface area contributed by atoms with Gasteiger partial charge in [-0.2, -0.15) is 5.10 Å². The number of anilines is 2. The summed E-state index contributed by atoms with van der Waals surface area (Å²) in [5.41, 5.74) is 0.722. The van der Waals surface area contributed by atoms with Crippen LogP contribution in [0.1, 0.15) is 55.9 Å². The van der Waals surface area contributed by atoms with Crippen molar-refractivity contribution in [3.8, 4) is 0 Å². The van der Waals surface area contributed by atoms with E-state index >= 15 is 0 Å². The third-order valence-corrected chi connectivity index (χ3v) is 5.86. The van der Waals surface area contributed by atoms with Crippen molar-refractivity contribution in [2.75, 3.05) is 10.6 Å². The fourth-order valence-corrected chi connectivity index (χ4v) is 3.75. The van der Waals surface area contributed by atoms with Crippen LogP contribution < -0.4 is 10.6 Å². The van der Waals surface area contributed by atoms with Crippen LogP contribution in [-0.2, 0) is 0 Å². The van der Waals surface area contributed by atoms with E-state index in [9.17, 15) is 14.0 Å². The molecule has 4 rings (SSSR count). The van der Waals surface area contributed by atoms with Crippen LogP contribution in [0.3, 0.4) is 0 Å². The van der Waals surface area contributed by atoms with Gasteiger partial charge in [0.05, 0.1) is 22.8 Å². The number of rotatable bonds is 5. The molecule has 1 fully saturated rings. The van der Waals surface area contributed by atoms with E-state index < -0.39 is 11.7 Å². The number of carbonyl (C=O) groups excluding carboxylic acids is 2. The molecule has 0 saturated heterocycles. The van der Waals surface area contributed by atoms with Gasteiger partial charge in [0.15, 0.2) is 5.82 Å². The predicted octanol–water partition coefficient (Wildman–Crippen LogP) is 4.33. The van der Waals surface area contributed by atoms with Gasteiger partial charge in [-0.15, -0.1) is 11.3 Å². The highest BCUT2D eigenvalue weighted by Gasteiger charge is 2.21. The Morgan fingerprint density at radius 3 is 2.66 bits per heavy atom. The van der Waals surface area contributed by atoms with E-state index in [0.29, 0.717) is 28.0 Å². The van der Waals surface area contributed by atoms with Crippen LogP contribution in [0.25, 0.3) is 0 Å². The molecular weight excluding hydrogens is 393 g/mol. The lowest BCUT2D eigenvalue weighted by Gasteiger charge is -2.25. The highest BCUT2D eigenvalue weighted by atomic mass is 32.1. The van der Waals surface area contributed by atoms with E-state index in [4.69, 9.17) is 0 Å². The molecule has 0 aliphatic heterocycles. The molecule has 0 unspecified atom stereocenters. The van der Waals surface area contributed by atoms with Gasteiger partial charge in [0, 0.05) is 18.0 Å². The molecule has 0 atom stereocenters. The molecule has 0 spiro atoms. The van der Waals surface area contributed by atoms with Crippen LogP contribution in [-0.4, -0.2) is 26.6 Å². The lowest BCUT2D eigenvalue weighted by molar-refractivity contribution is 0.101. The second-order valence-electron chi connectivity index (χ2n) is 7.06.